The second kappa shape index (κ2) is 7.57. The van der Waals surface area contributed by atoms with Crippen LogP contribution in [0.4, 0.5) is 0 Å². The van der Waals surface area contributed by atoms with Crippen molar-refractivity contribution >= 4 is 8.32 Å². The van der Waals surface area contributed by atoms with Crippen LogP contribution in [0.2, 0.25) is 16.6 Å². The zero-order chi connectivity index (χ0) is 17.3. The van der Waals surface area contributed by atoms with Gasteiger partial charge in [0.15, 0.2) is 8.32 Å². The molecule has 0 unspecified atom stereocenters. The van der Waals surface area contributed by atoms with Gasteiger partial charge in [-0.15, -0.1) is 0 Å². The van der Waals surface area contributed by atoms with Gasteiger partial charge in [0, 0.05) is 6.61 Å². The van der Waals surface area contributed by atoms with Crippen LogP contribution in [0.1, 0.15) is 86.5 Å². The molecule has 0 spiro atoms. The molecule has 2 aliphatic carbocycles. The molecule has 23 heavy (non-hydrogen) atoms. The van der Waals surface area contributed by atoms with Crippen LogP contribution in [0.3, 0.4) is 0 Å². The Labute approximate surface area is 145 Å². The second-order valence-electron chi connectivity index (χ2n) is 9.18. The highest BCUT2D eigenvalue weighted by atomic mass is 28.4. The van der Waals surface area contributed by atoms with Crippen LogP contribution in [0, 0.1) is 11.8 Å². The van der Waals surface area contributed by atoms with E-state index in [0.717, 1.165) is 19.4 Å². The van der Waals surface area contributed by atoms with E-state index in [2.05, 4.69) is 41.5 Å². The molecule has 0 radical (unpaired) electrons. The Morgan fingerprint density at radius 3 is 1.96 bits per heavy atom. The van der Waals surface area contributed by atoms with E-state index in [9.17, 15) is 5.11 Å². The molecule has 2 nitrogen and oxygen atoms in total. The zero-order valence-corrected chi connectivity index (χ0v) is 17.4. The minimum absolute atomic E-state index is 0.332. The van der Waals surface area contributed by atoms with Crippen molar-refractivity contribution in [2.24, 2.45) is 11.8 Å². The molecule has 2 fully saturated rings. The number of aliphatic hydroxyl groups is 1. The third-order valence-electron chi connectivity index (χ3n) is 6.96. The van der Waals surface area contributed by atoms with Gasteiger partial charge in [-0.25, -0.2) is 0 Å². The maximum absolute atomic E-state index is 10.9. The first-order valence-corrected chi connectivity index (χ1v) is 12.3. The van der Waals surface area contributed by atoms with Crippen molar-refractivity contribution in [1.82, 2.24) is 0 Å². The molecule has 0 bridgehead atoms. The highest BCUT2D eigenvalue weighted by Gasteiger charge is 2.57. The second-order valence-corrected chi connectivity index (χ2v) is 14.6. The molecule has 0 aromatic heterocycles. The van der Waals surface area contributed by atoms with Gasteiger partial charge in [0.25, 0.3) is 0 Å². The largest absolute Gasteiger partial charge is 0.416 e. The first-order chi connectivity index (χ1) is 10.7. The fourth-order valence-corrected chi connectivity index (χ4v) is 11.1. The Bertz CT molecular complexity index is 352. The molecule has 0 aromatic carbocycles. The van der Waals surface area contributed by atoms with Gasteiger partial charge < -0.3 is 9.53 Å². The number of hydrogen-bond acceptors (Lipinski definition) is 2. The van der Waals surface area contributed by atoms with Crippen molar-refractivity contribution in [2.45, 2.75) is 109 Å². The topological polar surface area (TPSA) is 29.5 Å². The van der Waals surface area contributed by atoms with Gasteiger partial charge in [0.1, 0.15) is 0 Å². The minimum atomic E-state index is -1.73. The Hall–Kier alpha value is 0.137. The van der Waals surface area contributed by atoms with Gasteiger partial charge in [-0.3, -0.25) is 0 Å². The van der Waals surface area contributed by atoms with Crippen molar-refractivity contribution in [3.05, 3.63) is 0 Å². The number of hydrogen-bond donors (Lipinski definition) is 1. The predicted molar refractivity (Wildman–Crippen MR) is 101 cm³/mol. The lowest BCUT2D eigenvalue weighted by Crippen LogP contribution is -2.48. The molecule has 0 amide bonds. The summed E-state index contributed by atoms with van der Waals surface area (Å²) in [5.74, 6) is 1.08. The van der Waals surface area contributed by atoms with E-state index in [1.807, 2.05) is 0 Å². The quantitative estimate of drug-likeness (QED) is 0.557. The van der Waals surface area contributed by atoms with E-state index in [0.29, 0.717) is 28.5 Å². The van der Waals surface area contributed by atoms with Gasteiger partial charge in [0.05, 0.1) is 5.60 Å². The Morgan fingerprint density at radius 1 is 0.957 bits per heavy atom. The van der Waals surface area contributed by atoms with Gasteiger partial charge in [0.2, 0.25) is 0 Å². The van der Waals surface area contributed by atoms with Crippen molar-refractivity contribution in [2.75, 3.05) is 6.61 Å². The van der Waals surface area contributed by atoms with E-state index in [1.54, 1.807) is 0 Å². The third-order valence-corrected chi connectivity index (χ3v) is 13.1. The zero-order valence-electron chi connectivity index (χ0n) is 16.4. The summed E-state index contributed by atoms with van der Waals surface area (Å²) >= 11 is 0. The summed E-state index contributed by atoms with van der Waals surface area (Å²) in [4.78, 5) is 0. The van der Waals surface area contributed by atoms with Crippen molar-refractivity contribution in [3.63, 3.8) is 0 Å². The average Bonchev–Trinajstić information content (AvgIpc) is 3.15. The van der Waals surface area contributed by atoms with E-state index in [4.69, 9.17) is 4.43 Å². The molecule has 0 heterocycles. The Kier molecular flexibility index (Phi) is 6.41. The molecule has 0 aliphatic heterocycles. The first kappa shape index (κ1) is 19.5. The Balaban J connectivity index is 1.86. The SMILES string of the molecule is CC(C)[Si](OCC[C@@H]1C[C@]1(O)C1CCCCC1)(C(C)C)C(C)C. The van der Waals surface area contributed by atoms with Crippen LogP contribution in [0.5, 0.6) is 0 Å². The monoisotopic (exact) mass is 340 g/mol. The molecule has 0 aromatic rings. The van der Waals surface area contributed by atoms with E-state index < -0.39 is 8.32 Å². The summed E-state index contributed by atoms with van der Waals surface area (Å²) in [5, 5.41) is 10.9. The standard InChI is InChI=1S/C20H40O2Si/c1-15(2)23(16(3)4,17(5)6)22-13-12-19-14-20(19,21)18-10-8-7-9-11-18/h15-19,21H,7-14H2,1-6H3/t19-,20+/m1/s1. The van der Waals surface area contributed by atoms with E-state index in [1.165, 1.54) is 32.1 Å². The van der Waals surface area contributed by atoms with Crippen LogP contribution in [0.25, 0.3) is 0 Å². The molecule has 3 heteroatoms. The normalized spacial score (nSPS) is 29.7. The molecule has 2 aliphatic rings. The fraction of sp³-hybridized carbons (Fsp3) is 1.00. The lowest BCUT2D eigenvalue weighted by atomic mass is 9.82. The average molecular weight is 341 g/mol. The van der Waals surface area contributed by atoms with Crippen LogP contribution in [0.15, 0.2) is 0 Å². The highest BCUT2D eigenvalue weighted by molar-refractivity contribution is 6.77. The molecule has 136 valence electrons. The third kappa shape index (κ3) is 3.87. The maximum atomic E-state index is 10.9. The van der Waals surface area contributed by atoms with Crippen LogP contribution in [-0.2, 0) is 4.43 Å². The smallest absolute Gasteiger partial charge is 0.200 e. The summed E-state index contributed by atoms with van der Waals surface area (Å²) in [6.45, 7) is 15.0. The molecule has 1 N–H and O–H groups in total. The number of rotatable bonds is 8. The first-order valence-electron chi connectivity index (χ1n) is 10.1. The van der Waals surface area contributed by atoms with Crippen molar-refractivity contribution < 1.29 is 9.53 Å². The lowest BCUT2D eigenvalue weighted by molar-refractivity contribution is 0.0415. The van der Waals surface area contributed by atoms with Gasteiger partial charge in [-0.1, -0.05) is 60.8 Å². The van der Waals surface area contributed by atoms with Crippen molar-refractivity contribution in [1.29, 1.82) is 0 Å². The van der Waals surface area contributed by atoms with Crippen LogP contribution >= 0.6 is 0 Å². The maximum Gasteiger partial charge on any atom is 0.200 e. The van der Waals surface area contributed by atoms with Gasteiger partial charge in [-0.05, 0) is 54.1 Å². The lowest BCUT2D eigenvalue weighted by Gasteiger charge is -2.42. The fourth-order valence-electron chi connectivity index (χ4n) is 5.67. The van der Waals surface area contributed by atoms with Crippen LogP contribution < -0.4 is 0 Å². The van der Waals surface area contributed by atoms with Gasteiger partial charge >= 0.3 is 0 Å². The Morgan fingerprint density at radius 2 is 1.48 bits per heavy atom. The van der Waals surface area contributed by atoms with Crippen molar-refractivity contribution in [3.8, 4) is 0 Å². The molecule has 0 saturated heterocycles. The predicted octanol–water partition coefficient (Wildman–Crippen LogP) is 5.90. The molecular formula is C20H40O2Si. The molecular weight excluding hydrogens is 300 g/mol. The molecule has 2 atom stereocenters. The van der Waals surface area contributed by atoms with E-state index in [-0.39, 0.29) is 5.60 Å². The van der Waals surface area contributed by atoms with E-state index >= 15 is 0 Å². The highest BCUT2D eigenvalue weighted by Crippen LogP contribution is 2.55. The summed E-state index contributed by atoms with van der Waals surface area (Å²) in [5.41, 5.74) is 1.62. The summed E-state index contributed by atoms with van der Waals surface area (Å²) < 4.78 is 6.67. The summed E-state index contributed by atoms with van der Waals surface area (Å²) in [6, 6.07) is 0. The van der Waals surface area contributed by atoms with Gasteiger partial charge in [-0.2, -0.15) is 0 Å². The molecule has 2 rings (SSSR count). The van der Waals surface area contributed by atoms with Crippen LogP contribution in [-0.4, -0.2) is 25.6 Å². The molecule has 2 saturated carbocycles. The minimum Gasteiger partial charge on any atom is -0.416 e. The summed E-state index contributed by atoms with van der Waals surface area (Å²) in [6.07, 6.45) is 8.59. The summed E-state index contributed by atoms with van der Waals surface area (Å²) in [7, 11) is -1.73.